The van der Waals surface area contributed by atoms with Crippen molar-refractivity contribution in [3.8, 4) is 5.75 Å². The molecule has 1 rings (SSSR count). The van der Waals surface area contributed by atoms with Gasteiger partial charge < -0.3 is 4.74 Å². The Morgan fingerprint density at radius 2 is 1.87 bits per heavy atom. The van der Waals surface area contributed by atoms with E-state index < -0.39 is 23.4 Å². The van der Waals surface area contributed by atoms with E-state index in [-0.39, 0.29) is 10.0 Å². The van der Waals surface area contributed by atoms with Crippen LogP contribution < -0.4 is 4.74 Å². The first-order chi connectivity index (χ1) is 6.91. The minimum absolute atomic E-state index is 0.0664. The van der Waals surface area contributed by atoms with Crippen molar-refractivity contribution in [2.75, 3.05) is 0 Å². The molecule has 0 unspecified atom stereocenters. The van der Waals surface area contributed by atoms with Gasteiger partial charge in [-0.2, -0.15) is 0 Å². The second-order valence-electron chi connectivity index (χ2n) is 2.87. The number of carbonyl (C=O) groups is 1. The van der Waals surface area contributed by atoms with Crippen LogP contribution in [-0.2, 0) is 4.79 Å². The summed E-state index contributed by atoms with van der Waals surface area (Å²) in [5.74, 6) is -3.48. The predicted molar refractivity (Wildman–Crippen MR) is 54.5 cm³/mol. The lowest BCUT2D eigenvalue weighted by Gasteiger charge is -2.06. The molecule has 0 fully saturated rings. The Bertz CT molecular complexity index is 406. The van der Waals surface area contributed by atoms with Gasteiger partial charge in [0, 0.05) is 10.0 Å². The van der Waals surface area contributed by atoms with E-state index in [1.165, 1.54) is 6.92 Å². The van der Waals surface area contributed by atoms with Gasteiger partial charge in [-0.1, -0.05) is 22.5 Å². The monoisotopic (exact) mass is 276 g/mol. The van der Waals surface area contributed by atoms with Crippen molar-refractivity contribution in [3.63, 3.8) is 0 Å². The van der Waals surface area contributed by atoms with Gasteiger partial charge in [-0.05, 0) is 19.1 Å². The Labute approximate surface area is 93.7 Å². The van der Waals surface area contributed by atoms with E-state index in [4.69, 9.17) is 0 Å². The molecule has 0 bridgehead atoms. The van der Waals surface area contributed by atoms with E-state index in [1.54, 1.807) is 0 Å². The van der Waals surface area contributed by atoms with E-state index in [1.807, 2.05) is 0 Å². The van der Waals surface area contributed by atoms with Crippen LogP contribution >= 0.6 is 15.9 Å². The molecule has 0 radical (unpaired) electrons. The summed E-state index contributed by atoms with van der Waals surface area (Å²) in [7, 11) is 0. The molecule has 0 saturated carbocycles. The zero-order chi connectivity index (χ0) is 11.6. The third kappa shape index (κ3) is 2.86. The molecular formula is C10H7BrF2O2. The third-order valence-electron chi connectivity index (χ3n) is 1.51. The van der Waals surface area contributed by atoms with E-state index in [0.29, 0.717) is 0 Å². The molecule has 15 heavy (non-hydrogen) atoms. The summed E-state index contributed by atoms with van der Waals surface area (Å²) in [5, 5.41) is 0. The van der Waals surface area contributed by atoms with Gasteiger partial charge in [-0.15, -0.1) is 0 Å². The van der Waals surface area contributed by atoms with Gasteiger partial charge in [0.1, 0.15) is 0 Å². The molecule has 0 saturated heterocycles. The van der Waals surface area contributed by atoms with E-state index >= 15 is 0 Å². The van der Waals surface area contributed by atoms with Crippen molar-refractivity contribution in [2.45, 2.75) is 6.92 Å². The number of esters is 1. The van der Waals surface area contributed by atoms with Crippen LogP contribution in [0.4, 0.5) is 8.78 Å². The van der Waals surface area contributed by atoms with E-state index in [0.717, 1.165) is 12.1 Å². The Hall–Kier alpha value is -1.23. The van der Waals surface area contributed by atoms with Gasteiger partial charge in [0.05, 0.1) is 0 Å². The van der Waals surface area contributed by atoms with Crippen LogP contribution in [0.15, 0.2) is 28.8 Å². The second-order valence-corrected chi connectivity index (χ2v) is 3.78. The fourth-order valence-electron chi connectivity index (χ4n) is 0.806. The predicted octanol–water partition coefficient (Wildman–Crippen LogP) is 3.21. The molecule has 0 N–H and O–H groups in total. The molecule has 0 atom stereocenters. The van der Waals surface area contributed by atoms with Crippen molar-refractivity contribution in [1.29, 1.82) is 0 Å². The number of rotatable bonds is 2. The highest BCUT2D eigenvalue weighted by Crippen LogP contribution is 2.26. The molecule has 0 amide bonds. The zero-order valence-corrected chi connectivity index (χ0v) is 9.40. The molecule has 80 valence electrons. The van der Waals surface area contributed by atoms with Crippen molar-refractivity contribution < 1.29 is 18.3 Å². The van der Waals surface area contributed by atoms with Gasteiger partial charge in [0.2, 0.25) is 5.75 Å². The summed E-state index contributed by atoms with van der Waals surface area (Å²) in [4.78, 5) is 11.0. The summed E-state index contributed by atoms with van der Waals surface area (Å²) in [6.45, 7) is 4.69. The van der Waals surface area contributed by atoms with Gasteiger partial charge >= 0.3 is 5.97 Å². The summed E-state index contributed by atoms with van der Waals surface area (Å²) in [5.41, 5.74) is 0.0664. The highest BCUT2D eigenvalue weighted by atomic mass is 79.9. The van der Waals surface area contributed by atoms with Crippen molar-refractivity contribution in [2.24, 2.45) is 0 Å². The van der Waals surface area contributed by atoms with Crippen molar-refractivity contribution in [3.05, 3.63) is 40.4 Å². The van der Waals surface area contributed by atoms with E-state index in [9.17, 15) is 13.6 Å². The fraction of sp³-hybridized carbons (Fsp3) is 0.100. The van der Waals surface area contributed by atoms with Crippen LogP contribution in [0.25, 0.3) is 0 Å². The highest BCUT2D eigenvalue weighted by molar-refractivity contribution is 9.10. The van der Waals surface area contributed by atoms with Gasteiger partial charge in [-0.3, -0.25) is 0 Å². The molecule has 0 heterocycles. The fourth-order valence-corrected chi connectivity index (χ4v) is 1.21. The topological polar surface area (TPSA) is 26.3 Å². The summed E-state index contributed by atoms with van der Waals surface area (Å²) in [6.07, 6.45) is 0. The quantitative estimate of drug-likeness (QED) is 0.471. The summed E-state index contributed by atoms with van der Waals surface area (Å²) < 4.78 is 31.0. The molecule has 1 aromatic carbocycles. The largest absolute Gasteiger partial charge is 0.417 e. The SMILES string of the molecule is C=C(C)C(=O)Oc1c(F)cc(Br)cc1F. The highest BCUT2D eigenvalue weighted by Gasteiger charge is 2.16. The first-order valence-corrected chi connectivity index (χ1v) is 4.73. The maximum absolute atomic E-state index is 13.2. The van der Waals surface area contributed by atoms with Crippen LogP contribution in [0.1, 0.15) is 6.92 Å². The lowest BCUT2D eigenvalue weighted by Crippen LogP contribution is -2.10. The van der Waals surface area contributed by atoms with Crippen LogP contribution in [0.2, 0.25) is 0 Å². The molecule has 0 aliphatic rings. The molecule has 0 aliphatic carbocycles. The normalized spacial score (nSPS) is 9.87. The first kappa shape index (κ1) is 11.8. The van der Waals surface area contributed by atoms with Crippen molar-refractivity contribution >= 4 is 21.9 Å². The molecule has 1 aromatic rings. The number of benzene rings is 1. The lowest BCUT2D eigenvalue weighted by atomic mass is 10.3. The third-order valence-corrected chi connectivity index (χ3v) is 1.96. The number of hydrogen-bond acceptors (Lipinski definition) is 2. The summed E-state index contributed by atoms with van der Waals surface area (Å²) in [6, 6.07) is 2.01. The molecule has 2 nitrogen and oxygen atoms in total. The average Bonchev–Trinajstić information content (AvgIpc) is 2.10. The van der Waals surface area contributed by atoms with Gasteiger partial charge in [0.15, 0.2) is 11.6 Å². The van der Waals surface area contributed by atoms with Gasteiger partial charge in [-0.25, -0.2) is 13.6 Å². The second kappa shape index (κ2) is 4.53. The maximum Gasteiger partial charge on any atom is 0.338 e. The maximum atomic E-state index is 13.2. The van der Waals surface area contributed by atoms with Crippen LogP contribution in [0.3, 0.4) is 0 Å². The smallest absolute Gasteiger partial charge is 0.338 e. The number of carbonyl (C=O) groups excluding carboxylic acids is 1. The van der Waals surface area contributed by atoms with Crippen LogP contribution in [0.5, 0.6) is 5.75 Å². The number of halogens is 3. The van der Waals surface area contributed by atoms with Gasteiger partial charge in [0.25, 0.3) is 0 Å². The van der Waals surface area contributed by atoms with Crippen molar-refractivity contribution in [1.82, 2.24) is 0 Å². The number of ether oxygens (including phenoxy) is 1. The minimum atomic E-state index is -0.948. The first-order valence-electron chi connectivity index (χ1n) is 3.94. The lowest BCUT2D eigenvalue weighted by molar-refractivity contribution is -0.130. The zero-order valence-electron chi connectivity index (χ0n) is 7.81. The van der Waals surface area contributed by atoms with E-state index in [2.05, 4.69) is 27.2 Å². The minimum Gasteiger partial charge on any atom is -0.417 e. The Morgan fingerprint density at radius 3 is 2.27 bits per heavy atom. The number of hydrogen-bond donors (Lipinski definition) is 0. The molecular weight excluding hydrogens is 270 g/mol. The molecule has 0 aromatic heterocycles. The Morgan fingerprint density at radius 1 is 1.40 bits per heavy atom. The van der Waals surface area contributed by atoms with Crippen LogP contribution in [-0.4, -0.2) is 5.97 Å². The Kier molecular flexibility index (Phi) is 3.57. The standard InChI is InChI=1S/C10H7BrF2O2/c1-5(2)10(14)15-9-7(12)3-6(11)4-8(9)13/h3-4H,1H2,2H3. The Balaban J connectivity index is 3.05. The molecule has 5 heteroatoms. The molecule has 0 aliphatic heterocycles. The van der Waals surface area contributed by atoms with Crippen LogP contribution in [0, 0.1) is 11.6 Å². The average molecular weight is 277 g/mol. The summed E-state index contributed by atoms with van der Waals surface area (Å²) >= 11 is 2.90. The molecule has 0 spiro atoms.